The van der Waals surface area contributed by atoms with Gasteiger partial charge in [-0.2, -0.15) is 0 Å². The summed E-state index contributed by atoms with van der Waals surface area (Å²) in [7, 11) is 1.65. The molecule has 1 aromatic rings. The summed E-state index contributed by atoms with van der Waals surface area (Å²) in [5, 5.41) is 3.49. The van der Waals surface area contributed by atoms with Crippen molar-refractivity contribution >= 4 is 15.9 Å². The lowest BCUT2D eigenvalue weighted by Crippen LogP contribution is -2.37. The first-order valence-corrected chi connectivity index (χ1v) is 7.37. The molecule has 0 atom stereocenters. The molecular formula is C14H20BrNO3. The van der Waals surface area contributed by atoms with E-state index in [9.17, 15) is 0 Å². The topological polar surface area (TPSA) is 39.7 Å². The maximum Gasteiger partial charge on any atom is 0.175 e. The van der Waals surface area contributed by atoms with E-state index in [2.05, 4.69) is 21.2 Å². The Kier molecular flexibility index (Phi) is 5.94. The highest BCUT2D eigenvalue weighted by Crippen LogP contribution is 2.34. The van der Waals surface area contributed by atoms with Crippen LogP contribution in [0.3, 0.4) is 0 Å². The maximum atomic E-state index is 5.78. The summed E-state index contributed by atoms with van der Waals surface area (Å²) in [6, 6.07) is 6.32. The molecule has 2 rings (SSSR count). The Labute approximate surface area is 122 Å². The Hall–Kier alpha value is -0.780. The fraction of sp³-hybridized carbons (Fsp3) is 0.571. The molecule has 4 nitrogen and oxygen atoms in total. The van der Waals surface area contributed by atoms with E-state index < -0.39 is 0 Å². The van der Waals surface area contributed by atoms with E-state index in [1.54, 1.807) is 7.11 Å². The number of methoxy groups -OCH3 is 1. The second-order valence-corrected chi connectivity index (χ2v) is 5.31. The lowest BCUT2D eigenvalue weighted by Gasteiger charge is -2.23. The summed E-state index contributed by atoms with van der Waals surface area (Å²) < 4.78 is 17.3. The smallest absolute Gasteiger partial charge is 0.175 e. The first-order chi connectivity index (χ1) is 9.31. The van der Waals surface area contributed by atoms with Crippen LogP contribution in [0.1, 0.15) is 12.8 Å². The van der Waals surface area contributed by atoms with Crippen LogP contribution in [0.4, 0.5) is 0 Å². The van der Waals surface area contributed by atoms with E-state index in [0.717, 1.165) is 48.6 Å². The van der Waals surface area contributed by atoms with Crippen molar-refractivity contribution in [2.75, 3.05) is 33.5 Å². The summed E-state index contributed by atoms with van der Waals surface area (Å²) in [5.41, 5.74) is 0. The first-order valence-electron chi connectivity index (χ1n) is 6.57. The molecule has 0 unspecified atom stereocenters. The number of halogens is 1. The zero-order chi connectivity index (χ0) is 13.5. The highest BCUT2D eigenvalue weighted by atomic mass is 79.9. The monoisotopic (exact) mass is 329 g/mol. The average Bonchev–Trinajstić information content (AvgIpc) is 2.46. The quantitative estimate of drug-likeness (QED) is 0.814. The highest BCUT2D eigenvalue weighted by molar-refractivity contribution is 9.10. The fourth-order valence-corrected chi connectivity index (χ4v) is 2.57. The summed E-state index contributed by atoms with van der Waals surface area (Å²) in [5.74, 6) is 1.51. The van der Waals surface area contributed by atoms with Crippen LogP contribution in [0, 0.1) is 0 Å². The molecule has 0 aliphatic carbocycles. The molecule has 1 aliphatic rings. The van der Waals surface area contributed by atoms with Crippen molar-refractivity contribution in [2.24, 2.45) is 0 Å². The summed E-state index contributed by atoms with van der Waals surface area (Å²) in [6.45, 7) is 3.17. The van der Waals surface area contributed by atoms with E-state index in [1.807, 2.05) is 18.2 Å². The lowest BCUT2D eigenvalue weighted by molar-refractivity contribution is 0.0770. The molecule has 5 heteroatoms. The van der Waals surface area contributed by atoms with Crippen LogP contribution in [0.25, 0.3) is 0 Å². The standard InChI is InChI=1S/C14H20BrNO3/c1-17-13-4-2-3-12(15)14(13)19-10-7-16-11-5-8-18-9-6-11/h2-4,11,16H,5-10H2,1H3. The summed E-state index contributed by atoms with van der Waals surface area (Å²) in [4.78, 5) is 0. The molecule has 1 saturated heterocycles. The zero-order valence-corrected chi connectivity index (χ0v) is 12.7. The molecule has 0 amide bonds. The predicted molar refractivity (Wildman–Crippen MR) is 78.0 cm³/mol. The number of nitrogens with one attached hydrogen (secondary N) is 1. The van der Waals surface area contributed by atoms with Gasteiger partial charge in [0.25, 0.3) is 0 Å². The van der Waals surface area contributed by atoms with Crippen LogP contribution >= 0.6 is 15.9 Å². The second kappa shape index (κ2) is 7.72. The number of hydrogen-bond acceptors (Lipinski definition) is 4. The van der Waals surface area contributed by atoms with Crippen molar-refractivity contribution in [1.29, 1.82) is 0 Å². The van der Waals surface area contributed by atoms with Gasteiger partial charge in [-0.15, -0.1) is 0 Å². The molecular weight excluding hydrogens is 310 g/mol. The minimum Gasteiger partial charge on any atom is -0.493 e. The predicted octanol–water partition coefficient (Wildman–Crippen LogP) is 2.61. The molecule has 1 aliphatic heterocycles. The minimum absolute atomic E-state index is 0.554. The molecule has 0 radical (unpaired) electrons. The Morgan fingerprint density at radius 1 is 1.37 bits per heavy atom. The fourth-order valence-electron chi connectivity index (χ4n) is 2.11. The SMILES string of the molecule is COc1cccc(Br)c1OCCNC1CCOCC1. The molecule has 19 heavy (non-hydrogen) atoms. The van der Waals surface area contributed by atoms with E-state index in [0.29, 0.717) is 12.6 Å². The lowest BCUT2D eigenvalue weighted by atomic mass is 10.1. The van der Waals surface area contributed by atoms with Gasteiger partial charge in [-0.1, -0.05) is 6.07 Å². The van der Waals surface area contributed by atoms with E-state index in [-0.39, 0.29) is 0 Å². The Morgan fingerprint density at radius 3 is 2.89 bits per heavy atom. The number of ether oxygens (including phenoxy) is 3. The molecule has 1 aromatic carbocycles. The van der Waals surface area contributed by atoms with Gasteiger partial charge in [-0.3, -0.25) is 0 Å². The highest BCUT2D eigenvalue weighted by Gasteiger charge is 2.13. The Morgan fingerprint density at radius 2 is 2.16 bits per heavy atom. The van der Waals surface area contributed by atoms with Crippen LogP contribution in [0.2, 0.25) is 0 Å². The minimum atomic E-state index is 0.554. The first kappa shape index (κ1) is 14.6. The van der Waals surface area contributed by atoms with Crippen molar-refractivity contribution in [3.05, 3.63) is 22.7 Å². The Bertz CT molecular complexity index is 394. The van der Waals surface area contributed by atoms with Gasteiger partial charge < -0.3 is 19.5 Å². The largest absolute Gasteiger partial charge is 0.493 e. The maximum absolute atomic E-state index is 5.78. The van der Waals surface area contributed by atoms with Crippen molar-refractivity contribution < 1.29 is 14.2 Å². The molecule has 1 N–H and O–H groups in total. The number of benzene rings is 1. The van der Waals surface area contributed by atoms with Gasteiger partial charge in [-0.05, 0) is 40.9 Å². The van der Waals surface area contributed by atoms with E-state index in [4.69, 9.17) is 14.2 Å². The van der Waals surface area contributed by atoms with Gasteiger partial charge in [0, 0.05) is 25.8 Å². The zero-order valence-electron chi connectivity index (χ0n) is 11.2. The van der Waals surface area contributed by atoms with Gasteiger partial charge in [0.05, 0.1) is 11.6 Å². The van der Waals surface area contributed by atoms with Crippen molar-refractivity contribution in [2.45, 2.75) is 18.9 Å². The third-order valence-corrected chi connectivity index (χ3v) is 3.78. The second-order valence-electron chi connectivity index (χ2n) is 4.46. The molecule has 1 heterocycles. The van der Waals surface area contributed by atoms with E-state index in [1.165, 1.54) is 0 Å². The van der Waals surface area contributed by atoms with Crippen LogP contribution in [0.5, 0.6) is 11.5 Å². The molecule has 0 aromatic heterocycles. The number of rotatable bonds is 6. The number of hydrogen-bond donors (Lipinski definition) is 1. The molecule has 1 fully saturated rings. The summed E-state index contributed by atoms with van der Waals surface area (Å²) in [6.07, 6.45) is 2.16. The Balaban J connectivity index is 1.76. The van der Waals surface area contributed by atoms with Crippen molar-refractivity contribution in [1.82, 2.24) is 5.32 Å². The molecule has 106 valence electrons. The van der Waals surface area contributed by atoms with Gasteiger partial charge in [0.2, 0.25) is 0 Å². The molecule has 0 spiro atoms. The average molecular weight is 330 g/mol. The third-order valence-electron chi connectivity index (χ3n) is 3.15. The summed E-state index contributed by atoms with van der Waals surface area (Å²) >= 11 is 3.47. The van der Waals surface area contributed by atoms with Crippen LogP contribution in [-0.2, 0) is 4.74 Å². The van der Waals surface area contributed by atoms with Gasteiger partial charge in [0.15, 0.2) is 11.5 Å². The van der Waals surface area contributed by atoms with Crippen LogP contribution < -0.4 is 14.8 Å². The van der Waals surface area contributed by atoms with Crippen molar-refractivity contribution in [3.8, 4) is 11.5 Å². The molecule has 0 bridgehead atoms. The molecule has 0 saturated carbocycles. The van der Waals surface area contributed by atoms with Gasteiger partial charge in [-0.25, -0.2) is 0 Å². The normalized spacial score (nSPS) is 16.3. The van der Waals surface area contributed by atoms with Gasteiger partial charge in [0.1, 0.15) is 6.61 Å². The third kappa shape index (κ3) is 4.37. The van der Waals surface area contributed by atoms with Crippen LogP contribution in [0.15, 0.2) is 22.7 Å². The van der Waals surface area contributed by atoms with Crippen molar-refractivity contribution in [3.63, 3.8) is 0 Å². The van der Waals surface area contributed by atoms with Gasteiger partial charge >= 0.3 is 0 Å². The van der Waals surface area contributed by atoms with Crippen LogP contribution in [-0.4, -0.2) is 39.5 Å². The number of para-hydroxylation sites is 1. The van der Waals surface area contributed by atoms with E-state index >= 15 is 0 Å².